The first-order chi connectivity index (χ1) is 9.04. The van der Waals surface area contributed by atoms with Crippen LogP contribution in [0.5, 0.6) is 0 Å². The van der Waals surface area contributed by atoms with Crippen molar-refractivity contribution in [3.05, 3.63) is 11.3 Å². The molecule has 0 aromatic carbocycles. The van der Waals surface area contributed by atoms with E-state index in [1.807, 2.05) is 27.7 Å². The van der Waals surface area contributed by atoms with Gasteiger partial charge in [0.15, 0.2) is 0 Å². The molecule has 1 heterocycles. The fraction of sp³-hybridized carbons (Fsp3) is 0.800. The van der Waals surface area contributed by atoms with Crippen molar-refractivity contribution in [1.82, 2.24) is 4.90 Å². The first kappa shape index (κ1) is 17.2. The highest BCUT2D eigenvalue weighted by Gasteiger charge is 2.27. The molecule has 1 amide bonds. The number of hydrogen-bond acceptors (Lipinski definition) is 3. The number of carbonyl (C=O) groups excluding carboxylic acids is 1. The van der Waals surface area contributed by atoms with E-state index in [-0.39, 0.29) is 6.09 Å². The monoisotopic (exact) mass is 303 g/mol. The molecule has 0 unspecified atom stereocenters. The predicted octanol–water partition coefficient (Wildman–Crippen LogP) is 3.92. The highest BCUT2D eigenvalue weighted by Crippen LogP contribution is 2.44. The Morgan fingerprint density at radius 1 is 1.35 bits per heavy atom. The summed E-state index contributed by atoms with van der Waals surface area (Å²) in [6.45, 7) is 11.1. The normalized spacial score (nSPS) is 18.1. The molecule has 5 heteroatoms. The molecule has 0 N–H and O–H groups in total. The lowest BCUT2D eigenvalue weighted by atomic mass is 10.1. The van der Waals surface area contributed by atoms with Crippen LogP contribution < -0.4 is 0 Å². The maximum Gasteiger partial charge on any atom is 0.410 e. The largest absolute Gasteiger partial charge is 0.454 e. The van der Waals surface area contributed by atoms with Crippen molar-refractivity contribution in [3.63, 3.8) is 0 Å². The van der Waals surface area contributed by atoms with Gasteiger partial charge in [-0.3, -0.25) is 0 Å². The van der Waals surface area contributed by atoms with E-state index < -0.39 is 15.9 Å². The quantitative estimate of drug-likeness (QED) is 0.793. The lowest BCUT2D eigenvalue weighted by molar-refractivity contribution is 0.0252. The topological polar surface area (TPSA) is 38.8 Å². The number of carbonyl (C=O) groups is 1. The molecule has 0 spiro atoms. The van der Waals surface area contributed by atoms with Crippen molar-refractivity contribution in [1.29, 1.82) is 0 Å². The molecule has 1 aliphatic heterocycles. The summed E-state index contributed by atoms with van der Waals surface area (Å²) in [5.74, 6) is 2.10. The number of hydrogen-bond donors (Lipinski definition) is 0. The van der Waals surface area contributed by atoms with Crippen molar-refractivity contribution < 1.29 is 13.7 Å². The molecule has 0 aliphatic carbocycles. The van der Waals surface area contributed by atoms with Crippen molar-refractivity contribution in [2.75, 3.05) is 31.4 Å². The van der Waals surface area contributed by atoms with Gasteiger partial charge >= 0.3 is 6.09 Å². The summed E-state index contributed by atoms with van der Waals surface area (Å²) in [7, 11) is -1.01. The Balaban J connectivity index is 2.67. The summed E-state index contributed by atoms with van der Waals surface area (Å²) >= 11 is 0. The van der Waals surface area contributed by atoms with E-state index in [1.165, 1.54) is 0 Å². The van der Waals surface area contributed by atoms with Gasteiger partial charge in [-0.15, -0.1) is 0 Å². The summed E-state index contributed by atoms with van der Waals surface area (Å²) in [5.41, 5.74) is 0.691. The fourth-order valence-corrected chi connectivity index (χ4v) is 2.72. The molecule has 118 valence electrons. The molecule has 1 aliphatic rings. The Hall–Kier alpha value is -0.840. The van der Waals surface area contributed by atoms with Gasteiger partial charge in [-0.05, 0) is 45.8 Å². The molecule has 0 fully saturated rings. The van der Waals surface area contributed by atoms with Crippen LogP contribution in [0.3, 0.4) is 0 Å². The van der Waals surface area contributed by atoms with Gasteiger partial charge in [0.1, 0.15) is 11.4 Å². The minimum atomic E-state index is -1.01. The Morgan fingerprint density at radius 2 is 1.95 bits per heavy atom. The van der Waals surface area contributed by atoms with Crippen LogP contribution in [0.1, 0.15) is 41.0 Å². The number of nitrogens with zero attached hydrogens (tertiary/aromatic N) is 1. The maximum atomic E-state index is 12.1. The van der Waals surface area contributed by atoms with E-state index in [0.29, 0.717) is 13.1 Å². The first-order valence-electron chi connectivity index (χ1n) is 7.11. The Labute approximate surface area is 125 Å². The van der Waals surface area contributed by atoms with Crippen molar-refractivity contribution in [2.24, 2.45) is 0 Å². The highest BCUT2D eigenvalue weighted by molar-refractivity contribution is 8.28. The highest BCUT2D eigenvalue weighted by atomic mass is 32.3. The van der Waals surface area contributed by atoms with E-state index >= 15 is 0 Å². The van der Waals surface area contributed by atoms with Crippen LogP contribution >= 0.6 is 10.3 Å². The van der Waals surface area contributed by atoms with E-state index in [4.69, 9.17) is 8.92 Å². The second-order valence-corrected chi connectivity index (χ2v) is 10.3. The Morgan fingerprint density at radius 3 is 2.40 bits per heavy atom. The maximum absolute atomic E-state index is 12.1. The van der Waals surface area contributed by atoms with Crippen LogP contribution in [0.4, 0.5) is 4.79 Å². The zero-order chi connectivity index (χ0) is 15.6. The smallest absolute Gasteiger partial charge is 0.410 e. The van der Waals surface area contributed by atoms with Crippen molar-refractivity contribution in [2.45, 2.75) is 46.6 Å². The zero-order valence-corrected chi connectivity index (χ0v) is 14.7. The molecule has 0 radical (unpaired) electrons. The average Bonchev–Trinajstić information content (AvgIpc) is 2.29. The molecule has 20 heavy (non-hydrogen) atoms. The van der Waals surface area contributed by atoms with Crippen LogP contribution in [0.15, 0.2) is 11.3 Å². The summed E-state index contributed by atoms with van der Waals surface area (Å²) in [6, 6.07) is 0. The molecule has 0 aromatic rings. The molecular formula is C15H29NO3S. The number of amides is 1. The molecule has 4 nitrogen and oxygen atoms in total. The third kappa shape index (κ3) is 5.27. The van der Waals surface area contributed by atoms with E-state index in [9.17, 15) is 4.79 Å². The lowest BCUT2D eigenvalue weighted by Gasteiger charge is -2.36. The second-order valence-electron chi connectivity index (χ2n) is 6.66. The van der Waals surface area contributed by atoms with Crippen LogP contribution in [0, 0.1) is 0 Å². The molecule has 1 rings (SSSR count). The van der Waals surface area contributed by atoms with Gasteiger partial charge in [0, 0.05) is 25.3 Å². The van der Waals surface area contributed by atoms with Gasteiger partial charge in [-0.1, -0.05) is 17.2 Å². The van der Waals surface area contributed by atoms with Gasteiger partial charge in [0.2, 0.25) is 0 Å². The molecular weight excluding hydrogens is 274 g/mol. The lowest BCUT2D eigenvalue weighted by Crippen LogP contribution is -2.40. The van der Waals surface area contributed by atoms with Gasteiger partial charge in [-0.2, -0.15) is 0 Å². The van der Waals surface area contributed by atoms with Gasteiger partial charge < -0.3 is 13.8 Å². The third-order valence-electron chi connectivity index (χ3n) is 3.19. The van der Waals surface area contributed by atoms with Crippen molar-refractivity contribution >= 4 is 16.4 Å². The number of ether oxygens (including phenoxy) is 1. The van der Waals surface area contributed by atoms with Crippen LogP contribution in [-0.4, -0.2) is 47.9 Å². The third-order valence-corrected chi connectivity index (χ3v) is 5.23. The van der Waals surface area contributed by atoms with E-state index in [1.54, 1.807) is 4.90 Å². The number of rotatable bonds is 3. The summed E-state index contributed by atoms with van der Waals surface area (Å²) in [5, 5.41) is 0. The summed E-state index contributed by atoms with van der Waals surface area (Å²) in [6.07, 6.45) is 4.89. The summed E-state index contributed by atoms with van der Waals surface area (Å²) < 4.78 is 11.6. The molecule has 0 saturated carbocycles. The SMILES string of the molecule is CCS(C)(C)OC1=C(C)CN(C(=O)OC(C)(C)C)CC1. The van der Waals surface area contributed by atoms with E-state index in [0.717, 1.165) is 23.5 Å². The minimum absolute atomic E-state index is 0.238. The molecule has 0 bridgehead atoms. The minimum Gasteiger partial charge on any atom is -0.454 e. The zero-order valence-electron chi connectivity index (χ0n) is 13.9. The van der Waals surface area contributed by atoms with Gasteiger partial charge in [0.25, 0.3) is 0 Å². The first-order valence-corrected chi connectivity index (χ1v) is 9.65. The molecule has 0 saturated heterocycles. The Bertz CT molecular complexity index is 396. The molecule has 0 aromatic heterocycles. The standard InChI is InChI=1S/C15H29NO3S/c1-8-20(6,7)19-13-9-10-16(11-12(13)2)14(17)18-15(3,4)5/h8-11H2,1-7H3. The van der Waals surface area contributed by atoms with Crippen LogP contribution in [-0.2, 0) is 8.92 Å². The van der Waals surface area contributed by atoms with Gasteiger partial charge in [-0.25, -0.2) is 4.79 Å². The van der Waals surface area contributed by atoms with E-state index in [2.05, 4.69) is 19.4 Å². The van der Waals surface area contributed by atoms with Crippen molar-refractivity contribution in [3.8, 4) is 0 Å². The average molecular weight is 303 g/mol. The predicted molar refractivity (Wildman–Crippen MR) is 86.2 cm³/mol. The fourth-order valence-electron chi connectivity index (χ4n) is 1.83. The van der Waals surface area contributed by atoms with Gasteiger partial charge in [0.05, 0.1) is 0 Å². The Kier molecular flexibility index (Phi) is 5.41. The van der Waals surface area contributed by atoms with Crippen LogP contribution in [0.2, 0.25) is 0 Å². The summed E-state index contributed by atoms with van der Waals surface area (Å²) in [4.78, 5) is 13.8. The second kappa shape index (κ2) is 6.29. The van der Waals surface area contributed by atoms with Crippen LogP contribution in [0.25, 0.3) is 0 Å². The molecule has 0 atom stereocenters.